The molecule has 14 heavy (non-hydrogen) atoms. The van der Waals surface area contributed by atoms with Crippen LogP contribution in [0.15, 0.2) is 4.99 Å². The summed E-state index contributed by atoms with van der Waals surface area (Å²) in [6.07, 6.45) is 0.287. The first-order valence-electron chi connectivity index (χ1n) is 4.12. The van der Waals surface area contributed by atoms with Crippen molar-refractivity contribution in [2.75, 3.05) is 6.54 Å². The van der Waals surface area contributed by atoms with Gasteiger partial charge in [-0.3, -0.25) is 25.0 Å². The Morgan fingerprint density at radius 2 is 1.79 bits per heavy atom. The second-order valence-electron chi connectivity index (χ2n) is 3.05. The molecular formula is C7H8N4O3. The predicted octanol–water partition coefficient (Wildman–Crippen LogP) is -2.52. The number of aliphatic imine (C=N–C) groups is 1. The fourth-order valence-electron chi connectivity index (χ4n) is 1.29. The van der Waals surface area contributed by atoms with Crippen molar-refractivity contribution in [3.05, 3.63) is 0 Å². The molecule has 0 bridgehead atoms. The molecule has 1 unspecified atom stereocenters. The van der Waals surface area contributed by atoms with Crippen molar-refractivity contribution < 1.29 is 14.4 Å². The van der Waals surface area contributed by atoms with Gasteiger partial charge in [0.15, 0.2) is 0 Å². The summed E-state index contributed by atoms with van der Waals surface area (Å²) in [6, 6.07) is -0.212. The van der Waals surface area contributed by atoms with Crippen LogP contribution in [0.4, 0.5) is 0 Å². The minimum absolute atomic E-state index is 0.0741. The van der Waals surface area contributed by atoms with Crippen molar-refractivity contribution in [3.8, 4) is 0 Å². The van der Waals surface area contributed by atoms with Crippen LogP contribution in [0.1, 0.15) is 6.42 Å². The number of nitrogens with one attached hydrogen (secondary N) is 3. The van der Waals surface area contributed by atoms with Crippen LogP contribution in [-0.2, 0) is 14.4 Å². The lowest BCUT2D eigenvalue weighted by atomic mass is 10.3. The van der Waals surface area contributed by atoms with Crippen LogP contribution in [0.2, 0.25) is 0 Å². The third kappa shape index (κ3) is 1.56. The molecule has 2 heterocycles. The van der Waals surface area contributed by atoms with Gasteiger partial charge < -0.3 is 5.32 Å². The molecule has 2 saturated heterocycles. The zero-order valence-corrected chi connectivity index (χ0v) is 7.16. The molecule has 3 amide bonds. The van der Waals surface area contributed by atoms with E-state index in [-0.39, 0.29) is 24.3 Å². The Balaban J connectivity index is 2.02. The van der Waals surface area contributed by atoms with Gasteiger partial charge in [-0.2, -0.15) is 0 Å². The third-order valence-corrected chi connectivity index (χ3v) is 1.94. The summed E-state index contributed by atoms with van der Waals surface area (Å²) in [6.45, 7) is 0.439. The van der Waals surface area contributed by atoms with Gasteiger partial charge in [-0.05, 0) is 0 Å². The molecule has 0 radical (unpaired) electrons. The molecule has 2 aliphatic rings. The number of hydrogen-bond donors (Lipinski definition) is 3. The molecule has 74 valence electrons. The number of guanidine groups is 1. The second kappa shape index (κ2) is 3.09. The number of rotatable bonds is 1. The molecule has 0 spiro atoms. The highest BCUT2D eigenvalue weighted by molar-refractivity contribution is 6.45. The Labute approximate surface area is 78.9 Å². The molecule has 0 aromatic rings. The van der Waals surface area contributed by atoms with Crippen molar-refractivity contribution in [1.29, 1.82) is 0 Å². The molecule has 3 N–H and O–H groups in total. The monoisotopic (exact) mass is 196 g/mol. The first kappa shape index (κ1) is 8.67. The fraction of sp³-hybridized carbons (Fsp3) is 0.429. The summed E-state index contributed by atoms with van der Waals surface area (Å²) in [5.41, 5.74) is 0. The van der Waals surface area contributed by atoms with E-state index in [1.807, 2.05) is 0 Å². The van der Waals surface area contributed by atoms with Gasteiger partial charge in [0.25, 0.3) is 0 Å². The number of amides is 3. The van der Waals surface area contributed by atoms with Crippen LogP contribution < -0.4 is 16.0 Å². The normalized spacial score (nSPS) is 25.9. The summed E-state index contributed by atoms with van der Waals surface area (Å²) < 4.78 is 0. The van der Waals surface area contributed by atoms with Gasteiger partial charge in [0, 0.05) is 6.54 Å². The molecule has 2 rings (SSSR count). The zero-order valence-electron chi connectivity index (χ0n) is 7.16. The maximum absolute atomic E-state index is 10.8. The largest absolute Gasteiger partial charge is 0.354 e. The molecule has 0 saturated carbocycles. The molecule has 7 heteroatoms. The summed E-state index contributed by atoms with van der Waals surface area (Å²) in [5.74, 6) is -1.39. The Morgan fingerprint density at radius 1 is 1.14 bits per heavy atom. The van der Waals surface area contributed by atoms with E-state index in [0.717, 1.165) is 0 Å². The topological polar surface area (TPSA) is 99.7 Å². The summed E-state index contributed by atoms with van der Waals surface area (Å²) in [4.78, 5) is 36.3. The lowest BCUT2D eigenvalue weighted by molar-refractivity contribution is -0.135. The molecule has 0 aromatic carbocycles. The van der Waals surface area contributed by atoms with Gasteiger partial charge in [-0.25, -0.2) is 4.99 Å². The minimum atomic E-state index is -0.721. The van der Waals surface area contributed by atoms with Crippen LogP contribution in [0.5, 0.6) is 0 Å². The molecule has 2 fully saturated rings. The zero-order chi connectivity index (χ0) is 10.1. The minimum Gasteiger partial charge on any atom is -0.354 e. The van der Waals surface area contributed by atoms with Crippen LogP contribution in [0, 0.1) is 0 Å². The third-order valence-electron chi connectivity index (χ3n) is 1.94. The van der Waals surface area contributed by atoms with Crippen molar-refractivity contribution in [1.82, 2.24) is 16.0 Å². The number of hydrogen-bond acceptors (Lipinski definition) is 4. The Hall–Kier alpha value is -1.92. The van der Waals surface area contributed by atoms with Crippen LogP contribution >= 0.6 is 0 Å². The highest BCUT2D eigenvalue weighted by Crippen LogP contribution is 2.04. The van der Waals surface area contributed by atoms with Gasteiger partial charge in [0.05, 0.1) is 12.5 Å². The highest BCUT2D eigenvalue weighted by atomic mass is 16.2. The average Bonchev–Trinajstić information content (AvgIpc) is 2.62. The van der Waals surface area contributed by atoms with E-state index in [9.17, 15) is 14.4 Å². The second-order valence-corrected chi connectivity index (χ2v) is 3.05. The smallest absolute Gasteiger partial charge is 0.316 e. The number of nitrogens with zero attached hydrogens (tertiary/aromatic N) is 1. The van der Waals surface area contributed by atoms with Crippen molar-refractivity contribution in [2.24, 2.45) is 4.99 Å². The van der Waals surface area contributed by atoms with Gasteiger partial charge in [-0.1, -0.05) is 0 Å². The highest BCUT2D eigenvalue weighted by Gasteiger charge is 2.28. The van der Waals surface area contributed by atoms with Crippen LogP contribution in [0.25, 0.3) is 0 Å². The molecule has 0 aliphatic carbocycles. The Morgan fingerprint density at radius 3 is 2.29 bits per heavy atom. The predicted molar refractivity (Wildman–Crippen MR) is 45.1 cm³/mol. The first-order valence-corrected chi connectivity index (χ1v) is 4.12. The Bertz CT molecular complexity index is 331. The quantitative estimate of drug-likeness (QED) is 0.403. The maximum Gasteiger partial charge on any atom is 0.316 e. The van der Waals surface area contributed by atoms with Gasteiger partial charge in [-0.15, -0.1) is 0 Å². The van der Waals surface area contributed by atoms with E-state index in [2.05, 4.69) is 20.9 Å². The lowest BCUT2D eigenvalue weighted by Crippen LogP contribution is -2.28. The van der Waals surface area contributed by atoms with Crippen molar-refractivity contribution in [2.45, 2.75) is 12.5 Å². The van der Waals surface area contributed by atoms with E-state index in [1.54, 1.807) is 0 Å². The molecular weight excluding hydrogens is 188 g/mol. The maximum atomic E-state index is 10.8. The van der Waals surface area contributed by atoms with Crippen molar-refractivity contribution >= 4 is 23.7 Å². The first-order chi connectivity index (χ1) is 6.65. The van der Waals surface area contributed by atoms with E-state index in [4.69, 9.17) is 0 Å². The number of carbonyl (C=O) groups excluding carboxylic acids is 3. The van der Waals surface area contributed by atoms with E-state index >= 15 is 0 Å². The average molecular weight is 196 g/mol. The van der Waals surface area contributed by atoms with Crippen LogP contribution in [-0.4, -0.2) is 36.3 Å². The van der Waals surface area contributed by atoms with Gasteiger partial charge >= 0.3 is 11.8 Å². The molecule has 0 aromatic heterocycles. The molecule has 1 atom stereocenters. The van der Waals surface area contributed by atoms with E-state index in [0.29, 0.717) is 6.54 Å². The lowest BCUT2D eigenvalue weighted by Gasteiger charge is -2.01. The molecule has 2 aliphatic heterocycles. The summed E-state index contributed by atoms with van der Waals surface area (Å²) in [7, 11) is 0. The summed E-state index contributed by atoms with van der Waals surface area (Å²) in [5, 5.41) is 7.11. The molecule has 7 nitrogen and oxygen atoms in total. The van der Waals surface area contributed by atoms with Gasteiger partial charge in [0.2, 0.25) is 11.9 Å². The fourth-order valence-corrected chi connectivity index (χ4v) is 1.29. The Kier molecular flexibility index (Phi) is 1.91. The summed E-state index contributed by atoms with van der Waals surface area (Å²) >= 11 is 0. The van der Waals surface area contributed by atoms with E-state index in [1.165, 1.54) is 0 Å². The van der Waals surface area contributed by atoms with Crippen molar-refractivity contribution in [3.63, 3.8) is 0 Å². The van der Waals surface area contributed by atoms with Gasteiger partial charge in [0.1, 0.15) is 0 Å². The standard InChI is InChI=1S/C7H8N4O3/c12-4-1-3(2-8-4)9-7-10-5(13)6(14)11-7/h3H,1-2H2,(H,8,12)(H2,9,10,11,13,14). The number of carbonyl (C=O) groups is 3. The van der Waals surface area contributed by atoms with E-state index < -0.39 is 11.8 Å². The SMILES string of the molecule is O=C1CC(N=C2NC(=O)C(=O)N2)CN1. The van der Waals surface area contributed by atoms with Crippen LogP contribution in [0.3, 0.4) is 0 Å².